The van der Waals surface area contributed by atoms with Crippen LogP contribution in [0.4, 0.5) is 19.0 Å². The average Bonchev–Trinajstić information content (AvgIpc) is 3.00. The zero-order valence-electron chi connectivity index (χ0n) is 13.4. The standard InChI is InChI=1S/C13H17F3N6O2S/c1-9-6-11(22-12(20-9)18-8-19-22)17-7-10-2-4-21(5-3-10)25(23,24)13(14,15)16/h6,8,10,17H,2-5,7H2,1H3. The fraction of sp³-hybridized carbons (Fsp3) is 0.615. The van der Waals surface area contributed by atoms with Crippen molar-refractivity contribution in [2.24, 2.45) is 5.92 Å². The third kappa shape index (κ3) is 3.54. The van der Waals surface area contributed by atoms with E-state index in [4.69, 9.17) is 0 Å². The van der Waals surface area contributed by atoms with E-state index in [1.165, 1.54) is 10.8 Å². The second-order valence-electron chi connectivity index (χ2n) is 5.93. The monoisotopic (exact) mass is 378 g/mol. The molecule has 2 aromatic rings. The zero-order chi connectivity index (χ0) is 18.2. The lowest BCUT2D eigenvalue weighted by Crippen LogP contribution is -2.45. The molecule has 138 valence electrons. The number of halogens is 3. The highest BCUT2D eigenvalue weighted by molar-refractivity contribution is 7.90. The number of nitrogens with zero attached hydrogens (tertiary/aromatic N) is 5. The molecule has 0 spiro atoms. The Labute approximate surface area is 142 Å². The number of aromatic nitrogens is 4. The Balaban J connectivity index is 1.61. The molecular weight excluding hydrogens is 361 g/mol. The van der Waals surface area contributed by atoms with Crippen molar-refractivity contribution < 1.29 is 21.6 Å². The summed E-state index contributed by atoms with van der Waals surface area (Å²) in [6, 6.07) is 1.80. The number of nitrogens with one attached hydrogen (secondary N) is 1. The van der Waals surface area contributed by atoms with Gasteiger partial charge >= 0.3 is 15.5 Å². The van der Waals surface area contributed by atoms with E-state index >= 15 is 0 Å². The molecule has 1 saturated heterocycles. The van der Waals surface area contributed by atoms with Crippen LogP contribution >= 0.6 is 0 Å². The van der Waals surface area contributed by atoms with Gasteiger partial charge in [-0.15, -0.1) is 0 Å². The molecule has 1 fully saturated rings. The Hall–Kier alpha value is -1.95. The molecule has 0 aliphatic carbocycles. The van der Waals surface area contributed by atoms with E-state index in [9.17, 15) is 21.6 Å². The number of sulfonamides is 1. The first-order chi connectivity index (χ1) is 11.7. The maximum Gasteiger partial charge on any atom is 0.511 e. The molecule has 0 radical (unpaired) electrons. The van der Waals surface area contributed by atoms with E-state index < -0.39 is 15.5 Å². The number of hydrogen-bond donors (Lipinski definition) is 1. The molecule has 1 N–H and O–H groups in total. The first-order valence-electron chi connectivity index (χ1n) is 7.66. The minimum Gasteiger partial charge on any atom is -0.370 e. The molecule has 25 heavy (non-hydrogen) atoms. The molecule has 2 aromatic heterocycles. The van der Waals surface area contributed by atoms with Crippen molar-refractivity contribution in [1.82, 2.24) is 23.9 Å². The Bertz CT molecular complexity index is 858. The summed E-state index contributed by atoms with van der Waals surface area (Å²) in [5.41, 5.74) is -4.49. The van der Waals surface area contributed by atoms with Crippen LogP contribution in [-0.2, 0) is 10.0 Å². The largest absolute Gasteiger partial charge is 0.511 e. The number of hydrogen-bond acceptors (Lipinski definition) is 6. The van der Waals surface area contributed by atoms with Crippen LogP contribution < -0.4 is 5.32 Å². The third-order valence-corrected chi connectivity index (χ3v) is 5.79. The summed E-state index contributed by atoms with van der Waals surface area (Å²) in [7, 11) is -5.23. The molecule has 3 rings (SSSR count). The Kier molecular flexibility index (Phi) is 4.58. The summed E-state index contributed by atoms with van der Waals surface area (Å²) in [5, 5.41) is 7.26. The average molecular weight is 378 g/mol. The highest BCUT2D eigenvalue weighted by atomic mass is 32.2. The SMILES string of the molecule is Cc1cc(NCC2CCN(S(=O)(=O)C(F)(F)F)CC2)n2ncnc2n1. The van der Waals surface area contributed by atoms with Crippen LogP contribution in [0, 0.1) is 12.8 Å². The van der Waals surface area contributed by atoms with Gasteiger partial charge in [-0.25, -0.2) is 13.4 Å². The predicted octanol–water partition coefficient (Wildman–Crippen LogP) is 1.41. The first-order valence-corrected chi connectivity index (χ1v) is 9.10. The van der Waals surface area contributed by atoms with Gasteiger partial charge in [0.15, 0.2) is 0 Å². The minimum atomic E-state index is -5.24. The summed E-state index contributed by atoms with van der Waals surface area (Å²) in [5.74, 6) is 1.20. The number of anilines is 1. The molecule has 3 heterocycles. The second kappa shape index (κ2) is 6.41. The van der Waals surface area contributed by atoms with Gasteiger partial charge < -0.3 is 5.32 Å². The number of fused-ring (bicyclic) bond motifs is 1. The lowest BCUT2D eigenvalue weighted by atomic mass is 9.98. The minimum absolute atomic E-state index is 0.0618. The number of piperidine rings is 1. The fourth-order valence-electron chi connectivity index (χ4n) is 2.81. The van der Waals surface area contributed by atoms with Crippen LogP contribution in [0.15, 0.2) is 12.4 Å². The third-order valence-electron chi connectivity index (χ3n) is 4.16. The molecule has 0 unspecified atom stereocenters. The van der Waals surface area contributed by atoms with Crippen LogP contribution in [0.2, 0.25) is 0 Å². The summed E-state index contributed by atoms with van der Waals surface area (Å²) in [4.78, 5) is 8.24. The number of rotatable bonds is 4. The lowest BCUT2D eigenvalue weighted by Gasteiger charge is -2.31. The summed E-state index contributed by atoms with van der Waals surface area (Å²) in [6.45, 7) is 2.04. The van der Waals surface area contributed by atoms with Crippen LogP contribution in [0.3, 0.4) is 0 Å². The summed E-state index contributed by atoms with van der Waals surface area (Å²) < 4.78 is 62.6. The van der Waals surface area contributed by atoms with Crippen LogP contribution in [0.25, 0.3) is 5.78 Å². The fourth-order valence-corrected chi connectivity index (χ4v) is 3.79. The molecule has 0 atom stereocenters. The molecule has 0 saturated carbocycles. The van der Waals surface area contributed by atoms with Gasteiger partial charge in [-0.3, -0.25) is 0 Å². The van der Waals surface area contributed by atoms with Crippen LogP contribution in [0.5, 0.6) is 0 Å². The van der Waals surface area contributed by atoms with Crippen molar-refractivity contribution in [3.63, 3.8) is 0 Å². The molecule has 1 aliphatic heterocycles. The van der Waals surface area contributed by atoms with Gasteiger partial charge in [0.1, 0.15) is 12.1 Å². The molecular formula is C13H17F3N6O2S. The van der Waals surface area contributed by atoms with Gasteiger partial charge in [-0.1, -0.05) is 0 Å². The molecule has 1 aliphatic rings. The molecule has 12 heteroatoms. The first kappa shape index (κ1) is 17.9. The normalized spacial score (nSPS) is 17.9. The van der Waals surface area contributed by atoms with Crippen molar-refractivity contribution in [3.05, 3.63) is 18.1 Å². The zero-order valence-corrected chi connectivity index (χ0v) is 14.2. The number of alkyl halides is 3. The van der Waals surface area contributed by atoms with E-state index in [1.807, 2.05) is 6.92 Å². The Morgan fingerprint density at radius 1 is 1.32 bits per heavy atom. The Morgan fingerprint density at radius 2 is 2.00 bits per heavy atom. The van der Waals surface area contributed by atoms with Gasteiger partial charge in [0, 0.05) is 31.4 Å². The van der Waals surface area contributed by atoms with E-state index in [0.717, 1.165) is 5.69 Å². The van der Waals surface area contributed by atoms with Gasteiger partial charge in [-0.2, -0.15) is 32.1 Å². The van der Waals surface area contributed by atoms with Crippen LogP contribution in [-0.4, -0.2) is 57.4 Å². The molecule has 0 aromatic carbocycles. The van der Waals surface area contributed by atoms with E-state index in [2.05, 4.69) is 20.4 Å². The maximum absolute atomic E-state index is 12.6. The van der Waals surface area contributed by atoms with E-state index in [1.54, 1.807) is 6.07 Å². The van der Waals surface area contributed by atoms with Crippen LogP contribution in [0.1, 0.15) is 18.5 Å². The second-order valence-corrected chi connectivity index (χ2v) is 7.86. The highest BCUT2D eigenvalue weighted by Gasteiger charge is 2.50. The van der Waals surface area contributed by atoms with Gasteiger partial charge in [-0.05, 0) is 25.7 Å². The molecule has 8 nitrogen and oxygen atoms in total. The van der Waals surface area contributed by atoms with Crippen molar-refractivity contribution in [1.29, 1.82) is 0 Å². The maximum atomic E-state index is 12.6. The number of aryl methyl sites for hydroxylation is 1. The topological polar surface area (TPSA) is 92.5 Å². The highest BCUT2D eigenvalue weighted by Crippen LogP contribution is 2.30. The van der Waals surface area contributed by atoms with E-state index in [-0.39, 0.29) is 19.0 Å². The van der Waals surface area contributed by atoms with Crippen molar-refractivity contribution in [3.8, 4) is 0 Å². The van der Waals surface area contributed by atoms with Gasteiger partial charge in [0.05, 0.1) is 0 Å². The molecule has 0 amide bonds. The van der Waals surface area contributed by atoms with Crippen molar-refractivity contribution >= 4 is 21.6 Å². The summed E-state index contributed by atoms with van der Waals surface area (Å²) in [6.07, 6.45) is 2.09. The smallest absolute Gasteiger partial charge is 0.370 e. The Morgan fingerprint density at radius 3 is 2.64 bits per heavy atom. The van der Waals surface area contributed by atoms with Crippen molar-refractivity contribution in [2.45, 2.75) is 25.3 Å². The summed E-state index contributed by atoms with van der Waals surface area (Å²) >= 11 is 0. The van der Waals surface area contributed by atoms with E-state index in [0.29, 0.717) is 35.3 Å². The van der Waals surface area contributed by atoms with Crippen molar-refractivity contribution in [2.75, 3.05) is 25.0 Å². The van der Waals surface area contributed by atoms with Gasteiger partial charge in [0.2, 0.25) is 0 Å². The predicted molar refractivity (Wildman–Crippen MR) is 83.3 cm³/mol. The lowest BCUT2D eigenvalue weighted by molar-refractivity contribution is -0.0496. The van der Waals surface area contributed by atoms with Gasteiger partial charge in [0.25, 0.3) is 5.78 Å². The quantitative estimate of drug-likeness (QED) is 0.865. The molecule has 0 bridgehead atoms.